The third-order valence-corrected chi connectivity index (χ3v) is 4.12. The van der Waals surface area contributed by atoms with Crippen LogP contribution < -0.4 is 11.4 Å². The largest absolute Gasteiger partial charge is 0.326 e. The number of benzene rings is 1. The molecule has 0 radical (unpaired) electrons. The van der Waals surface area contributed by atoms with Gasteiger partial charge in [-0.3, -0.25) is 4.98 Å². The number of nitrogens with zero attached hydrogens (tertiary/aromatic N) is 1. The molecule has 1 fully saturated rings. The van der Waals surface area contributed by atoms with Crippen LogP contribution in [-0.4, -0.2) is 15.0 Å². The van der Waals surface area contributed by atoms with Crippen LogP contribution in [0, 0.1) is 0 Å². The molecule has 4 N–H and O–H groups in total. The van der Waals surface area contributed by atoms with Crippen LogP contribution in [0.1, 0.15) is 29.9 Å². The Kier molecular flexibility index (Phi) is 2.68. The first-order valence-electron chi connectivity index (χ1n) is 7.16. The summed E-state index contributed by atoms with van der Waals surface area (Å²) in [6.07, 6.45) is 4.20. The zero-order valence-electron chi connectivity index (χ0n) is 11.5. The van der Waals surface area contributed by atoms with Gasteiger partial charge in [0.05, 0.1) is 5.52 Å². The second-order valence-electron chi connectivity index (χ2n) is 5.55. The summed E-state index contributed by atoms with van der Waals surface area (Å²) < 4.78 is 0. The third kappa shape index (κ3) is 2.06. The van der Waals surface area contributed by atoms with Crippen molar-refractivity contribution < 1.29 is 0 Å². The molecule has 1 saturated carbocycles. The number of rotatable bonds is 3. The highest BCUT2D eigenvalue weighted by atomic mass is 16.1. The molecule has 0 unspecified atom stereocenters. The maximum absolute atomic E-state index is 11.5. The lowest BCUT2D eigenvalue weighted by Crippen LogP contribution is -2.01. The van der Waals surface area contributed by atoms with Crippen molar-refractivity contribution >= 4 is 11.2 Å². The van der Waals surface area contributed by atoms with E-state index in [0.29, 0.717) is 18.1 Å². The van der Waals surface area contributed by atoms with E-state index in [1.807, 2.05) is 6.07 Å². The van der Waals surface area contributed by atoms with E-state index in [0.717, 1.165) is 16.6 Å². The number of H-pyrrole nitrogens is 2. The number of imidazole rings is 1. The molecule has 5 nitrogen and oxygen atoms in total. The van der Waals surface area contributed by atoms with E-state index in [1.165, 1.54) is 24.0 Å². The molecule has 0 spiro atoms. The summed E-state index contributed by atoms with van der Waals surface area (Å²) in [5.74, 6) is 0.645. The van der Waals surface area contributed by atoms with Crippen LogP contribution >= 0.6 is 0 Å². The highest BCUT2D eigenvalue weighted by molar-refractivity contribution is 5.89. The van der Waals surface area contributed by atoms with Crippen LogP contribution in [0.25, 0.3) is 22.3 Å². The van der Waals surface area contributed by atoms with Crippen LogP contribution in [0.5, 0.6) is 0 Å². The first-order valence-corrected chi connectivity index (χ1v) is 7.16. The Morgan fingerprint density at radius 2 is 2.10 bits per heavy atom. The zero-order valence-corrected chi connectivity index (χ0v) is 11.5. The van der Waals surface area contributed by atoms with Gasteiger partial charge in [-0.25, -0.2) is 9.78 Å². The minimum atomic E-state index is -0.231. The number of pyridine rings is 1. The summed E-state index contributed by atoms with van der Waals surface area (Å²) >= 11 is 0. The minimum Gasteiger partial charge on any atom is -0.326 e. The third-order valence-electron chi connectivity index (χ3n) is 4.12. The van der Waals surface area contributed by atoms with E-state index in [4.69, 9.17) is 5.73 Å². The van der Waals surface area contributed by atoms with Crippen LogP contribution in [0.2, 0.25) is 0 Å². The molecule has 1 aliphatic carbocycles. The maximum atomic E-state index is 11.5. The quantitative estimate of drug-likeness (QED) is 0.687. The van der Waals surface area contributed by atoms with E-state index >= 15 is 0 Å². The molecular formula is C16H16N4O. The van der Waals surface area contributed by atoms with Gasteiger partial charge >= 0.3 is 5.69 Å². The van der Waals surface area contributed by atoms with E-state index < -0.39 is 0 Å². The van der Waals surface area contributed by atoms with Crippen molar-refractivity contribution in [1.29, 1.82) is 0 Å². The lowest BCUT2D eigenvalue weighted by Gasteiger charge is -2.10. The average molecular weight is 280 g/mol. The molecule has 0 amide bonds. The van der Waals surface area contributed by atoms with Gasteiger partial charge in [-0.05, 0) is 41.5 Å². The Bertz CT molecular complexity index is 873. The van der Waals surface area contributed by atoms with Gasteiger partial charge in [-0.1, -0.05) is 18.2 Å². The fraction of sp³-hybridized carbons (Fsp3) is 0.250. The van der Waals surface area contributed by atoms with Gasteiger partial charge in [-0.15, -0.1) is 0 Å². The molecule has 1 aromatic carbocycles. The molecule has 0 aliphatic heterocycles. The fourth-order valence-electron chi connectivity index (χ4n) is 2.90. The highest BCUT2D eigenvalue weighted by Gasteiger charge is 2.26. The number of aromatic amines is 2. The average Bonchev–Trinajstić information content (AvgIpc) is 3.27. The molecule has 0 saturated heterocycles. The van der Waals surface area contributed by atoms with Gasteiger partial charge in [0.1, 0.15) is 0 Å². The normalized spacial score (nSPS) is 14.7. The van der Waals surface area contributed by atoms with E-state index in [2.05, 4.69) is 33.2 Å². The van der Waals surface area contributed by atoms with Crippen LogP contribution in [0.15, 0.2) is 35.3 Å². The van der Waals surface area contributed by atoms with Crippen LogP contribution in [0.4, 0.5) is 0 Å². The van der Waals surface area contributed by atoms with Crippen molar-refractivity contribution in [2.24, 2.45) is 5.73 Å². The minimum absolute atomic E-state index is 0.231. The molecular weight excluding hydrogens is 264 g/mol. The van der Waals surface area contributed by atoms with Gasteiger partial charge in [0, 0.05) is 18.3 Å². The van der Waals surface area contributed by atoms with Crippen molar-refractivity contribution in [2.45, 2.75) is 25.3 Å². The summed E-state index contributed by atoms with van der Waals surface area (Å²) in [6.45, 7) is 0.568. The lowest BCUT2D eigenvalue weighted by atomic mass is 9.96. The van der Waals surface area contributed by atoms with Crippen molar-refractivity contribution in [2.75, 3.05) is 0 Å². The van der Waals surface area contributed by atoms with Crippen molar-refractivity contribution in [3.8, 4) is 11.1 Å². The number of nitrogens with two attached hydrogens (primary N) is 1. The molecule has 0 bridgehead atoms. The first kappa shape index (κ1) is 12.3. The highest BCUT2D eigenvalue weighted by Crippen LogP contribution is 2.43. The van der Waals surface area contributed by atoms with Gasteiger partial charge in [0.25, 0.3) is 0 Å². The van der Waals surface area contributed by atoms with Gasteiger partial charge in [0.15, 0.2) is 5.65 Å². The van der Waals surface area contributed by atoms with E-state index in [9.17, 15) is 4.79 Å². The Morgan fingerprint density at radius 3 is 2.86 bits per heavy atom. The Morgan fingerprint density at radius 1 is 1.24 bits per heavy atom. The lowest BCUT2D eigenvalue weighted by molar-refractivity contribution is 0.997. The van der Waals surface area contributed by atoms with Crippen LogP contribution in [-0.2, 0) is 6.54 Å². The standard InChI is InChI=1S/C16H16N4O/c17-8-11-4-3-10(7-13(11)9-1-2-9)12-5-6-18-15-14(12)19-16(21)20-15/h3-7,9H,1-2,8,17H2,(H2,18,19,20,21). The monoisotopic (exact) mass is 280 g/mol. The van der Waals surface area contributed by atoms with Crippen molar-refractivity contribution in [3.05, 3.63) is 52.1 Å². The number of hydrogen-bond acceptors (Lipinski definition) is 3. The van der Waals surface area contributed by atoms with Crippen molar-refractivity contribution in [3.63, 3.8) is 0 Å². The number of fused-ring (bicyclic) bond motifs is 1. The van der Waals surface area contributed by atoms with Gasteiger partial charge in [0.2, 0.25) is 0 Å². The Balaban J connectivity index is 1.92. The summed E-state index contributed by atoms with van der Waals surface area (Å²) in [7, 11) is 0. The van der Waals surface area contributed by atoms with Gasteiger partial charge < -0.3 is 10.7 Å². The molecule has 1 aliphatic rings. The summed E-state index contributed by atoms with van der Waals surface area (Å²) in [5, 5.41) is 0. The maximum Gasteiger partial charge on any atom is 0.325 e. The Hall–Kier alpha value is -2.40. The van der Waals surface area contributed by atoms with E-state index in [1.54, 1.807) is 6.20 Å². The molecule has 2 heterocycles. The topological polar surface area (TPSA) is 87.6 Å². The van der Waals surface area contributed by atoms with Crippen molar-refractivity contribution in [1.82, 2.24) is 15.0 Å². The molecule has 2 aromatic heterocycles. The SMILES string of the molecule is NCc1ccc(-c2ccnc3[nH]c(=O)[nH]c23)cc1C1CC1. The molecule has 5 heteroatoms. The molecule has 21 heavy (non-hydrogen) atoms. The van der Waals surface area contributed by atoms with E-state index in [-0.39, 0.29) is 5.69 Å². The van der Waals surface area contributed by atoms with Gasteiger partial charge in [-0.2, -0.15) is 0 Å². The Labute approximate surface area is 121 Å². The second-order valence-corrected chi connectivity index (χ2v) is 5.55. The second kappa shape index (κ2) is 4.56. The summed E-state index contributed by atoms with van der Waals surface area (Å²) in [5.41, 5.74) is 11.6. The molecule has 4 rings (SSSR count). The first-order chi connectivity index (χ1) is 10.3. The summed E-state index contributed by atoms with van der Waals surface area (Å²) in [4.78, 5) is 21.2. The number of hydrogen-bond donors (Lipinski definition) is 3. The predicted molar refractivity (Wildman–Crippen MR) is 82.0 cm³/mol. The fourth-order valence-corrected chi connectivity index (χ4v) is 2.90. The van der Waals surface area contributed by atoms with Crippen LogP contribution in [0.3, 0.4) is 0 Å². The smallest absolute Gasteiger partial charge is 0.325 e. The zero-order chi connectivity index (χ0) is 14.4. The predicted octanol–water partition coefficient (Wildman–Crippen LogP) is 2.25. The number of aromatic nitrogens is 3. The summed E-state index contributed by atoms with van der Waals surface area (Å²) in [6, 6.07) is 8.30. The molecule has 106 valence electrons. The molecule has 3 aromatic rings. The number of nitrogens with one attached hydrogen (secondary N) is 2. The molecule has 0 atom stereocenters.